The fraction of sp³-hybridized carbons (Fsp3) is 0.500. The minimum absolute atomic E-state index is 0.0509. The molecule has 14 heavy (non-hydrogen) atoms. The van der Waals surface area contributed by atoms with Gasteiger partial charge in [0.25, 0.3) is 0 Å². The number of nitrogens with one attached hydrogen (secondary N) is 1. The summed E-state index contributed by atoms with van der Waals surface area (Å²) in [5.41, 5.74) is 2.72. The summed E-state index contributed by atoms with van der Waals surface area (Å²) in [6, 6.07) is 8.69. The third-order valence-electron chi connectivity index (χ3n) is 2.97. The molecule has 1 heterocycles. The van der Waals surface area contributed by atoms with Crippen LogP contribution >= 0.6 is 0 Å². The Hall–Kier alpha value is -0.860. The predicted molar refractivity (Wildman–Crippen MR) is 57.5 cm³/mol. The van der Waals surface area contributed by atoms with Crippen molar-refractivity contribution in [3.63, 3.8) is 0 Å². The van der Waals surface area contributed by atoms with Crippen molar-refractivity contribution < 1.29 is 4.74 Å². The average Bonchev–Trinajstić information content (AvgIpc) is 2.15. The van der Waals surface area contributed by atoms with Crippen molar-refractivity contribution >= 4 is 0 Å². The Bertz CT molecular complexity index is 295. The molecule has 1 aromatic carbocycles. The maximum atomic E-state index is 5.55. The molecule has 0 amide bonds. The van der Waals surface area contributed by atoms with E-state index in [0.29, 0.717) is 0 Å². The molecule has 76 valence electrons. The van der Waals surface area contributed by atoms with Crippen LogP contribution in [0.3, 0.4) is 0 Å². The lowest BCUT2D eigenvalue weighted by molar-refractivity contribution is -0.0502. The molecule has 0 aliphatic carbocycles. The minimum Gasteiger partial charge on any atom is -0.375 e. The van der Waals surface area contributed by atoms with Gasteiger partial charge in [-0.2, -0.15) is 0 Å². The first-order chi connectivity index (χ1) is 6.74. The molecule has 0 aromatic heterocycles. The Labute approximate surface area is 85.3 Å². The summed E-state index contributed by atoms with van der Waals surface area (Å²) in [5, 5.41) is 3.26. The normalized spacial score (nSPS) is 19.0. The summed E-state index contributed by atoms with van der Waals surface area (Å²) in [4.78, 5) is 0. The molecule has 0 atom stereocenters. The molecule has 1 saturated heterocycles. The zero-order valence-electron chi connectivity index (χ0n) is 8.84. The number of benzene rings is 1. The second-order valence-corrected chi connectivity index (χ2v) is 4.15. The molecular formula is C12H17NO. The summed E-state index contributed by atoms with van der Waals surface area (Å²) in [6.07, 6.45) is 1.01. The molecule has 0 unspecified atom stereocenters. The zero-order chi connectivity index (χ0) is 10.0. The average molecular weight is 191 g/mol. The molecule has 1 fully saturated rings. The summed E-state index contributed by atoms with van der Waals surface area (Å²) < 4.78 is 5.55. The van der Waals surface area contributed by atoms with E-state index in [1.54, 1.807) is 7.11 Å². The van der Waals surface area contributed by atoms with E-state index in [4.69, 9.17) is 4.74 Å². The zero-order valence-corrected chi connectivity index (χ0v) is 8.84. The van der Waals surface area contributed by atoms with Gasteiger partial charge in [-0.05, 0) is 12.5 Å². The van der Waals surface area contributed by atoms with Crippen molar-refractivity contribution in [2.75, 3.05) is 20.2 Å². The second-order valence-electron chi connectivity index (χ2n) is 4.15. The highest BCUT2D eigenvalue weighted by atomic mass is 16.5. The Kier molecular flexibility index (Phi) is 2.57. The van der Waals surface area contributed by atoms with Crippen LogP contribution in [0.25, 0.3) is 0 Å². The summed E-state index contributed by atoms with van der Waals surface area (Å²) >= 11 is 0. The lowest BCUT2D eigenvalue weighted by atomic mass is 9.88. The molecular weight excluding hydrogens is 174 g/mol. The van der Waals surface area contributed by atoms with Crippen molar-refractivity contribution in [1.29, 1.82) is 0 Å². The molecule has 0 saturated carbocycles. The first-order valence-corrected chi connectivity index (χ1v) is 5.06. The van der Waals surface area contributed by atoms with E-state index in [-0.39, 0.29) is 5.60 Å². The number of hydrogen-bond acceptors (Lipinski definition) is 2. The minimum atomic E-state index is 0.0509. The molecule has 0 spiro atoms. The monoisotopic (exact) mass is 191 g/mol. The first kappa shape index (κ1) is 9.69. The van der Waals surface area contributed by atoms with E-state index in [9.17, 15) is 0 Å². The first-order valence-electron chi connectivity index (χ1n) is 5.06. The number of hydrogen-bond donors (Lipinski definition) is 1. The van der Waals surface area contributed by atoms with Gasteiger partial charge in [0.05, 0.1) is 5.60 Å². The van der Waals surface area contributed by atoms with E-state index in [1.165, 1.54) is 11.1 Å². The molecule has 2 nitrogen and oxygen atoms in total. The van der Waals surface area contributed by atoms with Gasteiger partial charge in [0.1, 0.15) is 0 Å². The highest BCUT2D eigenvalue weighted by Crippen LogP contribution is 2.21. The van der Waals surface area contributed by atoms with Crippen LogP contribution in [0.15, 0.2) is 24.3 Å². The third-order valence-corrected chi connectivity index (χ3v) is 2.97. The van der Waals surface area contributed by atoms with Crippen LogP contribution in [0.1, 0.15) is 11.1 Å². The number of rotatable bonds is 3. The quantitative estimate of drug-likeness (QED) is 0.782. The van der Waals surface area contributed by atoms with Gasteiger partial charge in [0.15, 0.2) is 0 Å². The molecule has 1 aliphatic rings. The molecule has 1 aliphatic heterocycles. The smallest absolute Gasteiger partial charge is 0.0966 e. The molecule has 1 aromatic rings. The maximum absolute atomic E-state index is 5.55. The molecule has 0 radical (unpaired) electrons. The van der Waals surface area contributed by atoms with Crippen LogP contribution in [-0.4, -0.2) is 25.8 Å². The van der Waals surface area contributed by atoms with Gasteiger partial charge in [-0.3, -0.25) is 0 Å². The number of ether oxygens (including phenoxy) is 1. The predicted octanol–water partition coefficient (Wildman–Crippen LogP) is 1.53. The van der Waals surface area contributed by atoms with Crippen molar-refractivity contribution in [3.8, 4) is 0 Å². The molecule has 2 rings (SSSR count). The number of methoxy groups -OCH3 is 1. The van der Waals surface area contributed by atoms with Crippen molar-refractivity contribution in [3.05, 3.63) is 35.4 Å². The Morgan fingerprint density at radius 1 is 1.29 bits per heavy atom. The van der Waals surface area contributed by atoms with Gasteiger partial charge < -0.3 is 10.1 Å². The van der Waals surface area contributed by atoms with Crippen LogP contribution in [0.2, 0.25) is 0 Å². The van der Waals surface area contributed by atoms with Gasteiger partial charge in [0, 0.05) is 26.6 Å². The summed E-state index contributed by atoms with van der Waals surface area (Å²) in [7, 11) is 1.80. The fourth-order valence-corrected chi connectivity index (χ4v) is 1.82. The lowest BCUT2D eigenvalue weighted by Gasteiger charge is -2.41. The SMILES string of the molecule is COC1(Cc2ccc(C)cc2)CNC1. The van der Waals surface area contributed by atoms with Gasteiger partial charge in [-0.15, -0.1) is 0 Å². The van der Waals surface area contributed by atoms with Crippen LogP contribution in [0.4, 0.5) is 0 Å². The van der Waals surface area contributed by atoms with Crippen molar-refractivity contribution in [1.82, 2.24) is 5.32 Å². The van der Waals surface area contributed by atoms with E-state index >= 15 is 0 Å². The highest BCUT2D eigenvalue weighted by Gasteiger charge is 2.36. The molecule has 1 N–H and O–H groups in total. The van der Waals surface area contributed by atoms with Crippen LogP contribution in [0, 0.1) is 6.92 Å². The van der Waals surface area contributed by atoms with Gasteiger partial charge in [-0.1, -0.05) is 29.8 Å². The standard InChI is InChI=1S/C12H17NO/c1-10-3-5-11(6-4-10)7-12(14-2)8-13-9-12/h3-6,13H,7-9H2,1-2H3. The maximum Gasteiger partial charge on any atom is 0.0966 e. The fourth-order valence-electron chi connectivity index (χ4n) is 1.82. The van der Waals surface area contributed by atoms with E-state index in [0.717, 1.165) is 19.5 Å². The number of aryl methyl sites for hydroxylation is 1. The van der Waals surface area contributed by atoms with Gasteiger partial charge in [-0.25, -0.2) is 0 Å². The molecule has 0 bridgehead atoms. The van der Waals surface area contributed by atoms with E-state index in [2.05, 4.69) is 36.5 Å². The topological polar surface area (TPSA) is 21.3 Å². The van der Waals surface area contributed by atoms with Gasteiger partial charge in [0.2, 0.25) is 0 Å². The van der Waals surface area contributed by atoms with Crippen molar-refractivity contribution in [2.24, 2.45) is 0 Å². The Morgan fingerprint density at radius 3 is 2.36 bits per heavy atom. The highest BCUT2D eigenvalue weighted by molar-refractivity contribution is 5.23. The van der Waals surface area contributed by atoms with E-state index in [1.807, 2.05) is 0 Å². The van der Waals surface area contributed by atoms with Crippen LogP contribution in [-0.2, 0) is 11.2 Å². The molecule has 2 heteroatoms. The van der Waals surface area contributed by atoms with Crippen molar-refractivity contribution in [2.45, 2.75) is 18.9 Å². The lowest BCUT2D eigenvalue weighted by Crippen LogP contribution is -2.61. The van der Waals surface area contributed by atoms with Gasteiger partial charge >= 0.3 is 0 Å². The second kappa shape index (κ2) is 3.71. The van der Waals surface area contributed by atoms with Crippen LogP contribution in [0.5, 0.6) is 0 Å². The summed E-state index contributed by atoms with van der Waals surface area (Å²) in [6.45, 7) is 4.05. The van der Waals surface area contributed by atoms with Crippen LogP contribution < -0.4 is 5.32 Å². The summed E-state index contributed by atoms with van der Waals surface area (Å²) in [5.74, 6) is 0. The Balaban J connectivity index is 2.06. The third kappa shape index (κ3) is 1.81. The Morgan fingerprint density at radius 2 is 1.93 bits per heavy atom. The van der Waals surface area contributed by atoms with E-state index < -0.39 is 0 Å². The largest absolute Gasteiger partial charge is 0.375 e.